The van der Waals surface area contributed by atoms with E-state index in [9.17, 15) is 5.11 Å². The van der Waals surface area contributed by atoms with Gasteiger partial charge in [-0.25, -0.2) is 0 Å². The van der Waals surface area contributed by atoms with Gasteiger partial charge in [-0.1, -0.05) is 30.3 Å². The predicted molar refractivity (Wildman–Crippen MR) is 86.0 cm³/mol. The summed E-state index contributed by atoms with van der Waals surface area (Å²) < 4.78 is 0. The average molecular weight is 284 g/mol. The maximum Gasteiger partial charge on any atom is 0.0445 e. The topological polar surface area (TPSA) is 36.4 Å². The zero-order valence-electron chi connectivity index (χ0n) is 12.7. The molecule has 0 radical (unpaired) electrons. The fourth-order valence-electron chi connectivity index (χ4n) is 2.46. The molecule has 1 unspecified atom stereocenters. The number of pyridine rings is 1. The van der Waals surface area contributed by atoms with Gasteiger partial charge in [0.05, 0.1) is 0 Å². The molecule has 2 rings (SSSR count). The van der Waals surface area contributed by atoms with Crippen molar-refractivity contribution >= 4 is 0 Å². The van der Waals surface area contributed by atoms with Gasteiger partial charge in [-0.3, -0.25) is 9.88 Å². The van der Waals surface area contributed by atoms with E-state index in [0.29, 0.717) is 6.04 Å². The second-order valence-corrected chi connectivity index (χ2v) is 5.42. The van der Waals surface area contributed by atoms with Crippen molar-refractivity contribution in [1.29, 1.82) is 0 Å². The standard InChI is InChI=1S/C18H24N2O/c1-16(10-14-21)20(15-18-5-3-2-4-6-18)13-9-17-7-11-19-12-8-17/h2-8,11-12,16,21H,9-10,13-15H2,1H3. The van der Waals surface area contributed by atoms with Gasteiger partial charge in [-0.2, -0.15) is 0 Å². The molecule has 0 amide bonds. The number of rotatable bonds is 8. The Morgan fingerprint density at radius 1 is 1.05 bits per heavy atom. The minimum absolute atomic E-state index is 0.238. The highest BCUT2D eigenvalue weighted by molar-refractivity contribution is 5.15. The highest BCUT2D eigenvalue weighted by atomic mass is 16.3. The smallest absolute Gasteiger partial charge is 0.0445 e. The average Bonchev–Trinajstić information content (AvgIpc) is 2.53. The minimum Gasteiger partial charge on any atom is -0.396 e. The first kappa shape index (κ1) is 15.7. The van der Waals surface area contributed by atoms with Crippen LogP contribution in [0.1, 0.15) is 24.5 Å². The van der Waals surface area contributed by atoms with E-state index in [-0.39, 0.29) is 6.61 Å². The lowest BCUT2D eigenvalue weighted by Crippen LogP contribution is -2.35. The molecule has 0 bridgehead atoms. The first-order valence-corrected chi connectivity index (χ1v) is 7.57. The Balaban J connectivity index is 1.98. The number of hydrogen-bond donors (Lipinski definition) is 1. The fraction of sp³-hybridized carbons (Fsp3) is 0.389. The summed E-state index contributed by atoms with van der Waals surface area (Å²) in [5.41, 5.74) is 2.62. The van der Waals surface area contributed by atoms with Crippen LogP contribution in [0.25, 0.3) is 0 Å². The van der Waals surface area contributed by atoms with Crippen LogP contribution in [0.15, 0.2) is 54.9 Å². The van der Waals surface area contributed by atoms with Crippen molar-refractivity contribution in [2.75, 3.05) is 13.2 Å². The zero-order chi connectivity index (χ0) is 14.9. The van der Waals surface area contributed by atoms with Crippen molar-refractivity contribution in [3.05, 3.63) is 66.0 Å². The van der Waals surface area contributed by atoms with Crippen LogP contribution in [0, 0.1) is 0 Å². The second kappa shape index (κ2) is 8.55. The molecule has 0 aliphatic heterocycles. The zero-order valence-corrected chi connectivity index (χ0v) is 12.7. The summed E-state index contributed by atoms with van der Waals surface area (Å²) in [6.45, 7) is 4.33. The van der Waals surface area contributed by atoms with Crippen molar-refractivity contribution in [2.24, 2.45) is 0 Å². The van der Waals surface area contributed by atoms with E-state index >= 15 is 0 Å². The molecule has 0 aliphatic carbocycles. The van der Waals surface area contributed by atoms with E-state index in [1.807, 2.05) is 18.5 Å². The van der Waals surface area contributed by atoms with Gasteiger partial charge in [0.15, 0.2) is 0 Å². The fourth-order valence-corrected chi connectivity index (χ4v) is 2.46. The van der Waals surface area contributed by atoms with Gasteiger partial charge in [-0.15, -0.1) is 0 Å². The molecule has 3 nitrogen and oxygen atoms in total. The molecule has 112 valence electrons. The van der Waals surface area contributed by atoms with Gasteiger partial charge >= 0.3 is 0 Å². The van der Waals surface area contributed by atoms with E-state index < -0.39 is 0 Å². The Kier molecular flexibility index (Phi) is 6.38. The summed E-state index contributed by atoms with van der Waals surface area (Å²) >= 11 is 0. The molecule has 2 aromatic rings. The van der Waals surface area contributed by atoms with Gasteiger partial charge in [0, 0.05) is 38.1 Å². The molecular formula is C18H24N2O. The van der Waals surface area contributed by atoms with Crippen LogP contribution < -0.4 is 0 Å². The van der Waals surface area contributed by atoms with Gasteiger partial charge in [0.25, 0.3) is 0 Å². The summed E-state index contributed by atoms with van der Waals surface area (Å²) in [6.07, 6.45) is 5.50. The number of nitrogens with zero attached hydrogens (tertiary/aromatic N) is 2. The molecular weight excluding hydrogens is 260 g/mol. The number of aliphatic hydroxyl groups is 1. The first-order chi connectivity index (χ1) is 10.3. The molecule has 1 atom stereocenters. The Hall–Kier alpha value is -1.71. The normalized spacial score (nSPS) is 12.5. The van der Waals surface area contributed by atoms with Crippen molar-refractivity contribution in [1.82, 2.24) is 9.88 Å². The largest absolute Gasteiger partial charge is 0.396 e. The van der Waals surface area contributed by atoms with Gasteiger partial charge in [-0.05, 0) is 43.0 Å². The summed E-state index contributed by atoms with van der Waals surface area (Å²) in [5, 5.41) is 9.20. The summed E-state index contributed by atoms with van der Waals surface area (Å²) in [4.78, 5) is 6.49. The van der Waals surface area contributed by atoms with E-state index in [1.165, 1.54) is 11.1 Å². The highest BCUT2D eigenvalue weighted by Crippen LogP contribution is 2.12. The summed E-state index contributed by atoms with van der Waals surface area (Å²) in [6, 6.07) is 15.0. The number of benzene rings is 1. The van der Waals surface area contributed by atoms with Gasteiger partial charge < -0.3 is 5.11 Å². The van der Waals surface area contributed by atoms with Crippen LogP contribution in [0.4, 0.5) is 0 Å². The van der Waals surface area contributed by atoms with E-state index in [2.05, 4.69) is 53.2 Å². The first-order valence-electron chi connectivity index (χ1n) is 7.57. The lowest BCUT2D eigenvalue weighted by molar-refractivity contribution is 0.162. The van der Waals surface area contributed by atoms with E-state index in [4.69, 9.17) is 0 Å². The molecule has 0 saturated carbocycles. The third-order valence-corrected chi connectivity index (χ3v) is 3.84. The lowest BCUT2D eigenvalue weighted by atomic mass is 10.1. The van der Waals surface area contributed by atoms with Crippen molar-refractivity contribution in [3.8, 4) is 0 Å². The van der Waals surface area contributed by atoms with Crippen molar-refractivity contribution < 1.29 is 5.11 Å². The Morgan fingerprint density at radius 2 is 1.76 bits per heavy atom. The quantitative estimate of drug-likeness (QED) is 0.809. The van der Waals surface area contributed by atoms with Crippen LogP contribution in [0.2, 0.25) is 0 Å². The Bertz CT molecular complexity index is 501. The number of aromatic nitrogens is 1. The van der Waals surface area contributed by atoms with E-state index in [1.54, 1.807) is 0 Å². The monoisotopic (exact) mass is 284 g/mol. The van der Waals surface area contributed by atoms with Gasteiger partial charge in [0.2, 0.25) is 0 Å². The lowest BCUT2D eigenvalue weighted by Gasteiger charge is -2.29. The predicted octanol–water partition coefficient (Wildman–Crippen LogP) is 2.90. The highest BCUT2D eigenvalue weighted by Gasteiger charge is 2.13. The molecule has 1 aromatic carbocycles. The van der Waals surface area contributed by atoms with Crippen LogP contribution in [0.5, 0.6) is 0 Å². The van der Waals surface area contributed by atoms with Crippen LogP contribution in [0.3, 0.4) is 0 Å². The molecule has 1 N–H and O–H groups in total. The maximum absolute atomic E-state index is 9.20. The second-order valence-electron chi connectivity index (χ2n) is 5.42. The molecule has 1 aromatic heterocycles. The molecule has 0 aliphatic rings. The molecule has 0 fully saturated rings. The maximum atomic E-state index is 9.20. The molecule has 1 heterocycles. The summed E-state index contributed by atoms with van der Waals surface area (Å²) in [5.74, 6) is 0. The Labute approximate surface area is 127 Å². The van der Waals surface area contributed by atoms with Crippen molar-refractivity contribution in [2.45, 2.75) is 32.4 Å². The molecule has 3 heteroatoms. The number of aliphatic hydroxyl groups excluding tert-OH is 1. The van der Waals surface area contributed by atoms with Crippen LogP contribution in [-0.2, 0) is 13.0 Å². The molecule has 0 spiro atoms. The van der Waals surface area contributed by atoms with Gasteiger partial charge in [0.1, 0.15) is 0 Å². The van der Waals surface area contributed by atoms with Crippen LogP contribution >= 0.6 is 0 Å². The molecule has 21 heavy (non-hydrogen) atoms. The SMILES string of the molecule is CC(CCO)N(CCc1ccncc1)Cc1ccccc1. The Morgan fingerprint density at radius 3 is 2.43 bits per heavy atom. The van der Waals surface area contributed by atoms with Crippen molar-refractivity contribution in [3.63, 3.8) is 0 Å². The minimum atomic E-state index is 0.238. The summed E-state index contributed by atoms with van der Waals surface area (Å²) in [7, 11) is 0. The third-order valence-electron chi connectivity index (χ3n) is 3.84. The van der Waals surface area contributed by atoms with E-state index in [0.717, 1.165) is 25.9 Å². The third kappa shape index (κ3) is 5.29. The molecule has 0 saturated heterocycles. The number of hydrogen-bond acceptors (Lipinski definition) is 3. The van der Waals surface area contributed by atoms with Crippen LogP contribution in [-0.4, -0.2) is 34.2 Å².